The zero-order valence-electron chi connectivity index (χ0n) is 18.8. The molecule has 0 aromatic heterocycles. The molecule has 0 amide bonds. The van der Waals surface area contributed by atoms with Crippen LogP contribution in [0.4, 0.5) is 13.2 Å². The van der Waals surface area contributed by atoms with Gasteiger partial charge in [-0.15, -0.1) is 0 Å². The number of alkyl halides is 3. The zero-order valence-corrected chi connectivity index (χ0v) is 18.8. The maximum atomic E-state index is 14.0. The lowest BCUT2D eigenvalue weighted by Crippen LogP contribution is -2.31. The molecule has 32 heavy (non-hydrogen) atoms. The largest absolute Gasteiger partial charge is 0.490 e. The van der Waals surface area contributed by atoms with Crippen LogP contribution in [0, 0.1) is 11.3 Å². The van der Waals surface area contributed by atoms with E-state index in [1.807, 2.05) is 0 Å². The van der Waals surface area contributed by atoms with Crippen LogP contribution in [0.3, 0.4) is 0 Å². The molecule has 1 aliphatic carbocycles. The number of ether oxygens (including phenoxy) is 1. The Bertz CT molecular complexity index is 957. The van der Waals surface area contributed by atoms with Crippen LogP contribution in [0.5, 0.6) is 5.75 Å². The first kappa shape index (κ1) is 24.4. The smallest absolute Gasteiger partial charge is 0.420 e. The summed E-state index contributed by atoms with van der Waals surface area (Å²) in [7, 11) is 0. The molecule has 0 bridgehead atoms. The van der Waals surface area contributed by atoms with Gasteiger partial charge in [0, 0.05) is 12.5 Å². The molecule has 1 unspecified atom stereocenters. The van der Waals surface area contributed by atoms with Crippen LogP contribution < -0.4 is 10.5 Å². The highest BCUT2D eigenvalue weighted by Crippen LogP contribution is 2.44. The van der Waals surface area contributed by atoms with Crippen molar-refractivity contribution >= 4 is 16.7 Å². The molecule has 2 aromatic rings. The number of carboxylic acids is 1. The van der Waals surface area contributed by atoms with Gasteiger partial charge in [0.25, 0.3) is 0 Å². The topological polar surface area (TPSA) is 72.5 Å². The molecule has 1 atom stereocenters. The number of nitrogens with two attached hydrogens (primary N) is 1. The number of carboxylic acid groups (broad SMARTS) is 1. The molecule has 0 heterocycles. The van der Waals surface area contributed by atoms with Gasteiger partial charge in [-0.2, -0.15) is 13.2 Å². The summed E-state index contributed by atoms with van der Waals surface area (Å²) >= 11 is 0. The summed E-state index contributed by atoms with van der Waals surface area (Å²) in [5.74, 6) is -0.546. The fourth-order valence-electron chi connectivity index (χ4n) is 4.62. The number of fused-ring (bicyclic) bond motifs is 1. The molecule has 1 aliphatic rings. The van der Waals surface area contributed by atoms with Crippen molar-refractivity contribution in [1.29, 1.82) is 0 Å². The number of carbonyl (C=O) groups is 1. The third-order valence-electron chi connectivity index (χ3n) is 6.58. The minimum atomic E-state index is -4.57. The van der Waals surface area contributed by atoms with E-state index in [-0.39, 0.29) is 35.5 Å². The highest BCUT2D eigenvalue weighted by molar-refractivity contribution is 5.89. The van der Waals surface area contributed by atoms with Crippen molar-refractivity contribution < 1.29 is 27.8 Å². The molecular formula is C25H32F3NO3. The van der Waals surface area contributed by atoms with E-state index in [0.717, 1.165) is 25.7 Å². The Labute approximate surface area is 186 Å². The first-order chi connectivity index (χ1) is 14.9. The highest BCUT2D eigenvalue weighted by atomic mass is 19.4. The summed E-state index contributed by atoms with van der Waals surface area (Å²) < 4.78 is 48.1. The Morgan fingerprint density at radius 1 is 1.12 bits per heavy atom. The summed E-state index contributed by atoms with van der Waals surface area (Å²) in [4.78, 5) is 10.8. The highest BCUT2D eigenvalue weighted by Gasteiger charge is 2.38. The molecule has 0 spiro atoms. The van der Waals surface area contributed by atoms with Gasteiger partial charge in [0.1, 0.15) is 11.3 Å². The van der Waals surface area contributed by atoms with Crippen LogP contribution in [-0.4, -0.2) is 17.2 Å². The standard InChI is InChI=1S/C25H32F3NO3/c1-24(2,3)17-6-8-18(9-7-17)32-21-12-5-15-14-16(20(29)11-13-22(30)31)4-10-19(15)23(21)25(26,27)28/h4-5,10,12,14,17-18,20H,6-9,11,13,29H2,1-3H3,(H,30,31). The minimum absolute atomic E-state index is 0.0626. The van der Waals surface area contributed by atoms with E-state index in [9.17, 15) is 18.0 Å². The number of halogens is 3. The van der Waals surface area contributed by atoms with Gasteiger partial charge in [-0.05, 0) is 71.9 Å². The van der Waals surface area contributed by atoms with E-state index >= 15 is 0 Å². The van der Waals surface area contributed by atoms with E-state index in [1.165, 1.54) is 12.1 Å². The summed E-state index contributed by atoms with van der Waals surface area (Å²) in [6.07, 6.45) is -1.30. The number of aliphatic carboxylic acids is 1. The van der Waals surface area contributed by atoms with E-state index in [1.54, 1.807) is 18.2 Å². The van der Waals surface area contributed by atoms with Crippen LogP contribution in [0.25, 0.3) is 10.8 Å². The van der Waals surface area contributed by atoms with Gasteiger partial charge in [-0.3, -0.25) is 4.79 Å². The Hall–Kier alpha value is -2.28. The first-order valence-corrected chi connectivity index (χ1v) is 11.1. The van der Waals surface area contributed by atoms with Crippen LogP contribution in [-0.2, 0) is 11.0 Å². The van der Waals surface area contributed by atoms with Gasteiger partial charge < -0.3 is 15.6 Å². The average molecular weight is 452 g/mol. The van der Waals surface area contributed by atoms with Gasteiger partial charge in [-0.25, -0.2) is 0 Å². The molecular weight excluding hydrogens is 419 g/mol. The summed E-state index contributed by atoms with van der Waals surface area (Å²) in [5, 5.41) is 9.30. The second-order valence-electron chi connectivity index (χ2n) is 9.91. The molecule has 0 radical (unpaired) electrons. The third-order valence-corrected chi connectivity index (χ3v) is 6.58. The number of benzene rings is 2. The molecule has 7 heteroatoms. The summed E-state index contributed by atoms with van der Waals surface area (Å²) in [6.45, 7) is 6.60. The molecule has 1 fully saturated rings. The Morgan fingerprint density at radius 3 is 2.34 bits per heavy atom. The molecule has 2 aromatic carbocycles. The SMILES string of the molecule is CC(C)(C)C1CCC(Oc2ccc3cc(C(N)CCC(=O)O)ccc3c2C(F)(F)F)CC1. The van der Waals surface area contributed by atoms with Gasteiger partial charge >= 0.3 is 12.1 Å². The number of hydrogen-bond donors (Lipinski definition) is 2. The quantitative estimate of drug-likeness (QED) is 0.512. The van der Waals surface area contributed by atoms with Crippen LogP contribution >= 0.6 is 0 Å². The Balaban J connectivity index is 1.86. The monoisotopic (exact) mass is 451 g/mol. The second-order valence-corrected chi connectivity index (χ2v) is 9.91. The van der Waals surface area contributed by atoms with Gasteiger partial charge in [0.15, 0.2) is 0 Å². The molecule has 3 rings (SSSR count). The number of hydrogen-bond acceptors (Lipinski definition) is 3. The molecule has 4 nitrogen and oxygen atoms in total. The van der Waals surface area contributed by atoms with Crippen LogP contribution in [0.2, 0.25) is 0 Å². The lowest BCUT2D eigenvalue weighted by molar-refractivity contribution is -0.138. The summed E-state index contributed by atoms with van der Waals surface area (Å²) in [5.41, 5.74) is 6.08. The van der Waals surface area contributed by atoms with Crippen molar-refractivity contribution in [3.05, 3.63) is 41.5 Å². The third kappa shape index (κ3) is 5.74. The van der Waals surface area contributed by atoms with Gasteiger partial charge in [0.05, 0.1) is 6.10 Å². The van der Waals surface area contributed by atoms with Crippen molar-refractivity contribution in [2.75, 3.05) is 0 Å². The van der Waals surface area contributed by atoms with E-state index in [2.05, 4.69) is 20.8 Å². The van der Waals surface area contributed by atoms with E-state index < -0.39 is 23.8 Å². The maximum absolute atomic E-state index is 14.0. The molecule has 176 valence electrons. The summed E-state index contributed by atoms with van der Waals surface area (Å²) in [6, 6.07) is 7.02. The zero-order chi connectivity index (χ0) is 23.7. The van der Waals surface area contributed by atoms with Crippen molar-refractivity contribution in [3.63, 3.8) is 0 Å². The van der Waals surface area contributed by atoms with Crippen molar-refractivity contribution in [3.8, 4) is 5.75 Å². The molecule has 3 N–H and O–H groups in total. The predicted molar refractivity (Wildman–Crippen MR) is 119 cm³/mol. The lowest BCUT2D eigenvalue weighted by Gasteiger charge is -2.37. The average Bonchev–Trinajstić information content (AvgIpc) is 2.70. The molecule has 1 saturated carbocycles. The van der Waals surface area contributed by atoms with E-state index in [0.29, 0.717) is 16.9 Å². The Morgan fingerprint density at radius 2 is 1.78 bits per heavy atom. The minimum Gasteiger partial charge on any atom is -0.490 e. The maximum Gasteiger partial charge on any atom is 0.420 e. The van der Waals surface area contributed by atoms with Crippen molar-refractivity contribution in [2.24, 2.45) is 17.1 Å². The lowest BCUT2D eigenvalue weighted by atomic mass is 9.72. The molecule has 0 aliphatic heterocycles. The fraction of sp³-hybridized carbons (Fsp3) is 0.560. The molecule has 0 saturated heterocycles. The Kier molecular flexibility index (Phi) is 7.08. The fourth-order valence-corrected chi connectivity index (χ4v) is 4.62. The first-order valence-electron chi connectivity index (χ1n) is 11.1. The van der Waals surface area contributed by atoms with Crippen molar-refractivity contribution in [2.45, 2.75) is 77.6 Å². The van der Waals surface area contributed by atoms with Crippen LogP contribution in [0.1, 0.15) is 76.5 Å². The predicted octanol–water partition coefficient (Wildman–Crippen LogP) is 6.71. The van der Waals surface area contributed by atoms with Crippen LogP contribution in [0.15, 0.2) is 30.3 Å². The van der Waals surface area contributed by atoms with Crippen molar-refractivity contribution in [1.82, 2.24) is 0 Å². The normalized spacial score (nSPS) is 20.8. The van der Waals surface area contributed by atoms with E-state index in [4.69, 9.17) is 15.6 Å². The van der Waals surface area contributed by atoms with Gasteiger partial charge in [-0.1, -0.05) is 39.0 Å². The van der Waals surface area contributed by atoms with Gasteiger partial charge in [0.2, 0.25) is 0 Å². The second kappa shape index (κ2) is 9.30. The number of rotatable bonds is 6.